The molecule has 0 spiro atoms. The summed E-state index contributed by atoms with van der Waals surface area (Å²) in [4.78, 5) is 14.5. The number of nitrogen functional groups attached to an aromatic ring is 1. The van der Waals surface area contributed by atoms with Gasteiger partial charge in [-0.05, 0) is 17.7 Å². The van der Waals surface area contributed by atoms with E-state index in [4.69, 9.17) is 14.9 Å². The van der Waals surface area contributed by atoms with E-state index in [2.05, 4.69) is 4.90 Å². The summed E-state index contributed by atoms with van der Waals surface area (Å²) in [6.07, 6.45) is 0. The number of nitrogens with zero attached hydrogens (tertiary/aromatic N) is 1. The molecule has 2 N–H and O–H groups in total. The Balaban J connectivity index is 1.84. The molecule has 0 amide bonds. The average Bonchev–Trinajstić information content (AvgIpc) is 3.01. The SMILES string of the molecule is Nc1ccc(-c2csc3c(=O)cc(N4CCOCC4)oc23)cc1. The molecule has 3 aromatic rings. The van der Waals surface area contributed by atoms with Gasteiger partial charge in [0.1, 0.15) is 4.70 Å². The van der Waals surface area contributed by atoms with E-state index < -0.39 is 0 Å². The van der Waals surface area contributed by atoms with Crippen LogP contribution in [0.25, 0.3) is 21.4 Å². The Morgan fingerprint density at radius 3 is 2.61 bits per heavy atom. The van der Waals surface area contributed by atoms with Crippen molar-refractivity contribution in [3.05, 3.63) is 45.9 Å². The fourth-order valence-electron chi connectivity index (χ4n) is 2.73. The molecule has 0 aliphatic carbocycles. The molecule has 0 bridgehead atoms. The van der Waals surface area contributed by atoms with Crippen molar-refractivity contribution >= 4 is 33.2 Å². The molecule has 0 saturated carbocycles. The van der Waals surface area contributed by atoms with Crippen molar-refractivity contribution < 1.29 is 9.15 Å². The van der Waals surface area contributed by atoms with E-state index in [1.165, 1.54) is 11.3 Å². The number of anilines is 2. The highest BCUT2D eigenvalue weighted by molar-refractivity contribution is 7.17. The van der Waals surface area contributed by atoms with Crippen molar-refractivity contribution in [1.29, 1.82) is 0 Å². The molecule has 1 aliphatic rings. The number of morpholine rings is 1. The third-order valence-electron chi connectivity index (χ3n) is 3.97. The molecular weight excluding hydrogens is 312 g/mol. The van der Waals surface area contributed by atoms with E-state index in [1.807, 2.05) is 29.6 Å². The first-order chi connectivity index (χ1) is 11.2. The summed E-state index contributed by atoms with van der Waals surface area (Å²) in [6.45, 7) is 2.76. The molecule has 3 heterocycles. The molecular formula is C17H16N2O3S. The smallest absolute Gasteiger partial charge is 0.204 e. The first-order valence-electron chi connectivity index (χ1n) is 7.46. The van der Waals surface area contributed by atoms with Gasteiger partial charge in [-0.1, -0.05) is 12.1 Å². The van der Waals surface area contributed by atoms with Gasteiger partial charge in [-0.2, -0.15) is 0 Å². The standard InChI is InChI=1S/C17H16N2O3S/c18-12-3-1-11(2-4-12)13-10-23-17-14(20)9-15(22-16(13)17)19-5-7-21-8-6-19/h1-4,9-10H,5-8,18H2. The number of nitrogens with two attached hydrogens (primary N) is 1. The van der Waals surface area contributed by atoms with Crippen LogP contribution in [0, 0.1) is 0 Å². The summed E-state index contributed by atoms with van der Waals surface area (Å²) in [6, 6.07) is 9.17. The Hall–Kier alpha value is -2.31. The quantitative estimate of drug-likeness (QED) is 0.733. The summed E-state index contributed by atoms with van der Waals surface area (Å²) in [5, 5.41) is 1.96. The van der Waals surface area contributed by atoms with Gasteiger partial charge >= 0.3 is 0 Å². The van der Waals surface area contributed by atoms with Crippen LogP contribution in [-0.2, 0) is 4.74 Å². The fraction of sp³-hybridized carbons (Fsp3) is 0.235. The van der Waals surface area contributed by atoms with Crippen LogP contribution in [0.1, 0.15) is 0 Å². The first-order valence-corrected chi connectivity index (χ1v) is 8.34. The van der Waals surface area contributed by atoms with Crippen molar-refractivity contribution in [1.82, 2.24) is 0 Å². The second-order valence-corrected chi connectivity index (χ2v) is 6.36. The van der Waals surface area contributed by atoms with Crippen LogP contribution in [0.15, 0.2) is 44.9 Å². The third kappa shape index (κ3) is 2.60. The summed E-state index contributed by atoms with van der Waals surface area (Å²) in [5.74, 6) is 0.612. The Labute approximate surface area is 136 Å². The maximum Gasteiger partial charge on any atom is 0.204 e. The number of fused-ring (bicyclic) bond motifs is 1. The highest BCUT2D eigenvalue weighted by atomic mass is 32.1. The lowest BCUT2D eigenvalue weighted by atomic mass is 10.1. The van der Waals surface area contributed by atoms with E-state index in [0.717, 1.165) is 24.2 Å². The summed E-state index contributed by atoms with van der Waals surface area (Å²) >= 11 is 1.41. The highest BCUT2D eigenvalue weighted by Gasteiger charge is 2.18. The molecule has 118 valence electrons. The van der Waals surface area contributed by atoms with Gasteiger partial charge < -0.3 is 19.8 Å². The molecule has 1 aromatic carbocycles. The van der Waals surface area contributed by atoms with Crippen molar-refractivity contribution in [2.24, 2.45) is 0 Å². The Kier molecular flexibility index (Phi) is 3.55. The lowest BCUT2D eigenvalue weighted by Crippen LogP contribution is -2.36. The zero-order chi connectivity index (χ0) is 15.8. The van der Waals surface area contributed by atoms with Crippen LogP contribution in [0.2, 0.25) is 0 Å². The molecule has 6 heteroatoms. The van der Waals surface area contributed by atoms with Crippen molar-refractivity contribution in [3.63, 3.8) is 0 Å². The average molecular weight is 328 g/mol. The van der Waals surface area contributed by atoms with Crippen LogP contribution in [0.3, 0.4) is 0 Å². The van der Waals surface area contributed by atoms with E-state index >= 15 is 0 Å². The third-order valence-corrected chi connectivity index (χ3v) is 4.95. The lowest BCUT2D eigenvalue weighted by molar-refractivity contribution is 0.121. The predicted molar refractivity (Wildman–Crippen MR) is 93.2 cm³/mol. The van der Waals surface area contributed by atoms with Crippen molar-refractivity contribution in [3.8, 4) is 11.1 Å². The molecule has 1 fully saturated rings. The summed E-state index contributed by atoms with van der Waals surface area (Å²) < 4.78 is 12.1. The zero-order valence-electron chi connectivity index (χ0n) is 12.5. The second-order valence-electron chi connectivity index (χ2n) is 5.48. The van der Waals surface area contributed by atoms with E-state index in [1.54, 1.807) is 6.07 Å². The molecule has 0 unspecified atom stereocenters. The molecule has 23 heavy (non-hydrogen) atoms. The molecule has 4 rings (SSSR count). The van der Waals surface area contributed by atoms with Crippen molar-refractivity contribution in [2.45, 2.75) is 0 Å². The molecule has 1 aliphatic heterocycles. The number of benzene rings is 1. The zero-order valence-corrected chi connectivity index (χ0v) is 13.3. The monoisotopic (exact) mass is 328 g/mol. The fourth-order valence-corrected chi connectivity index (χ4v) is 3.64. The van der Waals surface area contributed by atoms with E-state index in [9.17, 15) is 4.79 Å². The maximum atomic E-state index is 12.4. The van der Waals surface area contributed by atoms with Gasteiger partial charge in [-0.25, -0.2) is 0 Å². The van der Waals surface area contributed by atoms with Gasteiger partial charge in [-0.15, -0.1) is 11.3 Å². The Morgan fingerprint density at radius 2 is 1.87 bits per heavy atom. The van der Waals surface area contributed by atoms with Crippen molar-refractivity contribution in [2.75, 3.05) is 36.9 Å². The van der Waals surface area contributed by atoms with Crippen LogP contribution < -0.4 is 16.1 Å². The lowest BCUT2D eigenvalue weighted by Gasteiger charge is -2.27. The van der Waals surface area contributed by atoms with Crippen LogP contribution in [0.4, 0.5) is 11.6 Å². The molecule has 0 atom stereocenters. The van der Waals surface area contributed by atoms with Crippen LogP contribution >= 0.6 is 11.3 Å². The Morgan fingerprint density at radius 1 is 1.13 bits per heavy atom. The van der Waals surface area contributed by atoms with Gasteiger partial charge in [-0.3, -0.25) is 4.79 Å². The first kappa shape index (κ1) is 14.3. The molecule has 1 saturated heterocycles. The maximum absolute atomic E-state index is 12.4. The summed E-state index contributed by atoms with van der Waals surface area (Å²) in [7, 11) is 0. The number of rotatable bonds is 2. The minimum Gasteiger partial charge on any atom is -0.439 e. The largest absolute Gasteiger partial charge is 0.439 e. The minimum atomic E-state index is -0.000521. The highest BCUT2D eigenvalue weighted by Crippen LogP contribution is 2.34. The number of thiophene rings is 1. The van der Waals surface area contributed by atoms with Gasteiger partial charge in [0.05, 0.1) is 13.2 Å². The van der Waals surface area contributed by atoms with Gasteiger partial charge in [0.25, 0.3) is 0 Å². The van der Waals surface area contributed by atoms with Crippen LogP contribution in [-0.4, -0.2) is 26.3 Å². The number of ether oxygens (including phenoxy) is 1. The topological polar surface area (TPSA) is 68.7 Å². The van der Waals surface area contributed by atoms with Gasteiger partial charge in [0.2, 0.25) is 5.43 Å². The number of hydrogen-bond acceptors (Lipinski definition) is 6. The van der Waals surface area contributed by atoms with E-state index in [0.29, 0.717) is 35.1 Å². The molecule has 5 nitrogen and oxygen atoms in total. The second kappa shape index (κ2) is 5.72. The van der Waals surface area contributed by atoms with E-state index in [-0.39, 0.29) is 5.43 Å². The summed E-state index contributed by atoms with van der Waals surface area (Å²) in [5.41, 5.74) is 9.03. The Bertz CT molecular complexity index is 892. The molecule has 2 aromatic heterocycles. The number of hydrogen-bond donors (Lipinski definition) is 1. The predicted octanol–water partition coefficient (Wildman–Crippen LogP) is 2.94. The van der Waals surface area contributed by atoms with Crippen LogP contribution in [0.5, 0.6) is 0 Å². The van der Waals surface area contributed by atoms with Gasteiger partial charge in [0, 0.05) is 35.8 Å². The minimum absolute atomic E-state index is 0.000521. The normalized spacial score (nSPS) is 15.2. The molecule has 0 radical (unpaired) electrons. The van der Waals surface area contributed by atoms with Gasteiger partial charge in [0.15, 0.2) is 11.5 Å².